The molecule has 0 aliphatic heterocycles. The molecule has 0 unspecified atom stereocenters. The molecule has 0 atom stereocenters. The van der Waals surface area contributed by atoms with Crippen LogP contribution in [0.4, 0.5) is 8.78 Å². The second-order valence-corrected chi connectivity index (χ2v) is 5.22. The Kier molecular flexibility index (Phi) is 3.69. The zero-order valence-electron chi connectivity index (χ0n) is 11.3. The molecule has 0 bridgehead atoms. The van der Waals surface area contributed by atoms with Crippen LogP contribution in [0.3, 0.4) is 0 Å². The average molecular weight is 288 g/mol. The molecule has 2 aromatic rings. The molecule has 0 N–H and O–H groups in total. The largest absolute Gasteiger partial charge is 0.490 e. The molecule has 1 aliphatic carbocycles. The third kappa shape index (κ3) is 3.66. The maximum atomic E-state index is 13.1. The zero-order valence-corrected chi connectivity index (χ0v) is 11.3. The highest BCUT2D eigenvalue weighted by Crippen LogP contribution is 2.26. The monoisotopic (exact) mass is 288 g/mol. The lowest BCUT2D eigenvalue weighted by atomic mass is 10.0. The van der Waals surface area contributed by atoms with Crippen molar-refractivity contribution in [2.24, 2.45) is 0 Å². The van der Waals surface area contributed by atoms with Crippen LogP contribution in [0.1, 0.15) is 28.8 Å². The number of hydrogen-bond donors (Lipinski definition) is 0. The molecule has 4 heteroatoms. The molecule has 21 heavy (non-hydrogen) atoms. The summed E-state index contributed by atoms with van der Waals surface area (Å²) in [7, 11) is 0. The predicted molar refractivity (Wildman–Crippen MR) is 74.5 cm³/mol. The van der Waals surface area contributed by atoms with Crippen molar-refractivity contribution < 1.29 is 18.3 Å². The molecule has 2 aromatic carbocycles. The first-order valence-electron chi connectivity index (χ1n) is 6.85. The van der Waals surface area contributed by atoms with E-state index >= 15 is 0 Å². The maximum absolute atomic E-state index is 13.1. The molecule has 3 rings (SSSR count). The van der Waals surface area contributed by atoms with Crippen molar-refractivity contribution in [2.45, 2.75) is 25.4 Å². The van der Waals surface area contributed by atoms with Gasteiger partial charge in [-0.05, 0) is 54.8 Å². The first kappa shape index (κ1) is 13.7. The Balaban J connectivity index is 1.69. The second kappa shape index (κ2) is 5.64. The summed E-state index contributed by atoms with van der Waals surface area (Å²) in [5, 5.41) is 0. The Morgan fingerprint density at radius 1 is 1.05 bits per heavy atom. The Morgan fingerprint density at radius 2 is 1.67 bits per heavy atom. The van der Waals surface area contributed by atoms with Crippen molar-refractivity contribution in [1.29, 1.82) is 0 Å². The molecular weight excluding hydrogens is 274 g/mol. The van der Waals surface area contributed by atoms with Crippen LogP contribution in [-0.2, 0) is 6.42 Å². The van der Waals surface area contributed by atoms with E-state index in [9.17, 15) is 13.6 Å². The van der Waals surface area contributed by atoms with Gasteiger partial charge < -0.3 is 4.74 Å². The Bertz CT molecular complexity index is 641. The minimum absolute atomic E-state index is 0.0302. The van der Waals surface area contributed by atoms with E-state index < -0.39 is 11.6 Å². The van der Waals surface area contributed by atoms with Gasteiger partial charge in [-0.3, -0.25) is 4.79 Å². The van der Waals surface area contributed by atoms with Crippen LogP contribution in [-0.4, -0.2) is 11.9 Å². The fourth-order valence-corrected chi connectivity index (χ4v) is 2.10. The van der Waals surface area contributed by atoms with Crippen LogP contribution in [0.5, 0.6) is 5.75 Å². The number of Topliss-reactive ketones (excluding diaryl/α,β-unsaturated/α-hetero) is 1. The fraction of sp³-hybridized carbons (Fsp3) is 0.235. The number of halogens is 2. The van der Waals surface area contributed by atoms with Crippen LogP contribution < -0.4 is 4.74 Å². The van der Waals surface area contributed by atoms with Crippen molar-refractivity contribution in [3.8, 4) is 5.75 Å². The van der Waals surface area contributed by atoms with E-state index in [1.54, 1.807) is 24.3 Å². The van der Waals surface area contributed by atoms with Gasteiger partial charge in [0.25, 0.3) is 0 Å². The van der Waals surface area contributed by atoms with Gasteiger partial charge in [0.2, 0.25) is 0 Å². The summed E-state index contributed by atoms with van der Waals surface area (Å²) in [4.78, 5) is 12.1. The Hall–Kier alpha value is -2.23. The molecule has 1 saturated carbocycles. The average Bonchev–Trinajstić information content (AvgIpc) is 3.22. The highest BCUT2D eigenvalue weighted by Gasteiger charge is 2.23. The fourth-order valence-electron chi connectivity index (χ4n) is 2.10. The summed E-state index contributed by atoms with van der Waals surface area (Å²) in [5.41, 5.74) is 0.832. The molecule has 108 valence electrons. The maximum Gasteiger partial charge on any atom is 0.167 e. The van der Waals surface area contributed by atoms with Gasteiger partial charge in [-0.1, -0.05) is 0 Å². The number of ether oxygens (including phenoxy) is 1. The van der Waals surface area contributed by atoms with Gasteiger partial charge in [0.15, 0.2) is 5.78 Å². The summed E-state index contributed by atoms with van der Waals surface area (Å²) in [6, 6.07) is 9.98. The van der Waals surface area contributed by atoms with Crippen LogP contribution in [0.25, 0.3) is 0 Å². The molecule has 0 saturated heterocycles. The minimum atomic E-state index is -0.675. The summed E-state index contributed by atoms with van der Waals surface area (Å²) >= 11 is 0. The van der Waals surface area contributed by atoms with Crippen LogP contribution in [0.15, 0.2) is 42.5 Å². The highest BCUT2D eigenvalue weighted by molar-refractivity contribution is 5.97. The lowest BCUT2D eigenvalue weighted by Gasteiger charge is -2.06. The first-order valence-corrected chi connectivity index (χ1v) is 6.85. The van der Waals surface area contributed by atoms with Crippen molar-refractivity contribution in [3.05, 3.63) is 65.2 Å². The van der Waals surface area contributed by atoms with Crippen molar-refractivity contribution in [3.63, 3.8) is 0 Å². The third-order valence-electron chi connectivity index (χ3n) is 3.29. The highest BCUT2D eigenvalue weighted by atomic mass is 19.1. The molecule has 0 spiro atoms. The standard InChI is InChI=1S/C17H14F2O2/c18-13-7-11(8-14(19)10-13)9-17(20)12-1-3-15(4-2-12)21-16-5-6-16/h1-4,7-8,10,16H,5-6,9H2. The molecule has 2 nitrogen and oxygen atoms in total. The Morgan fingerprint density at radius 3 is 2.24 bits per heavy atom. The smallest absolute Gasteiger partial charge is 0.167 e. The van der Waals surface area contributed by atoms with Gasteiger partial charge in [-0.25, -0.2) is 8.78 Å². The van der Waals surface area contributed by atoms with Crippen molar-refractivity contribution in [1.82, 2.24) is 0 Å². The van der Waals surface area contributed by atoms with E-state index in [2.05, 4.69) is 0 Å². The molecule has 0 heterocycles. The van der Waals surface area contributed by atoms with E-state index in [4.69, 9.17) is 4.74 Å². The lowest BCUT2D eigenvalue weighted by Crippen LogP contribution is -2.04. The molecule has 0 amide bonds. The molecule has 1 aliphatic rings. The van der Waals surface area contributed by atoms with E-state index in [0.29, 0.717) is 17.2 Å². The summed E-state index contributed by atoms with van der Waals surface area (Å²) in [6.07, 6.45) is 2.43. The normalized spacial score (nSPS) is 14.0. The molecular formula is C17H14F2O2. The van der Waals surface area contributed by atoms with Gasteiger partial charge in [0, 0.05) is 18.1 Å². The van der Waals surface area contributed by atoms with Gasteiger partial charge in [-0.15, -0.1) is 0 Å². The van der Waals surface area contributed by atoms with Crippen LogP contribution >= 0.6 is 0 Å². The van der Waals surface area contributed by atoms with Gasteiger partial charge in [-0.2, -0.15) is 0 Å². The number of carbonyl (C=O) groups is 1. The SMILES string of the molecule is O=C(Cc1cc(F)cc(F)c1)c1ccc(OC2CC2)cc1. The summed E-state index contributed by atoms with van der Waals surface area (Å²) in [6.45, 7) is 0. The van der Waals surface area contributed by atoms with Crippen LogP contribution in [0, 0.1) is 11.6 Å². The van der Waals surface area contributed by atoms with E-state index in [1.165, 1.54) is 12.1 Å². The molecule has 0 aromatic heterocycles. The second-order valence-electron chi connectivity index (χ2n) is 5.22. The summed E-state index contributed by atoms with van der Waals surface area (Å²) < 4.78 is 31.8. The first-order chi connectivity index (χ1) is 10.1. The minimum Gasteiger partial charge on any atom is -0.490 e. The Labute approximate surface area is 121 Å². The number of rotatable bonds is 5. The van der Waals surface area contributed by atoms with Gasteiger partial charge in [0.1, 0.15) is 17.4 Å². The number of carbonyl (C=O) groups excluding carboxylic acids is 1. The third-order valence-corrected chi connectivity index (χ3v) is 3.29. The van der Waals surface area contributed by atoms with E-state index in [0.717, 1.165) is 24.7 Å². The number of ketones is 1. The summed E-state index contributed by atoms with van der Waals surface area (Å²) in [5.74, 6) is -0.791. The zero-order chi connectivity index (χ0) is 14.8. The topological polar surface area (TPSA) is 26.3 Å². The van der Waals surface area contributed by atoms with Crippen molar-refractivity contribution >= 4 is 5.78 Å². The van der Waals surface area contributed by atoms with Crippen LogP contribution in [0.2, 0.25) is 0 Å². The van der Waals surface area contributed by atoms with E-state index in [1.807, 2.05) is 0 Å². The quantitative estimate of drug-likeness (QED) is 0.779. The lowest BCUT2D eigenvalue weighted by molar-refractivity contribution is 0.0993. The van der Waals surface area contributed by atoms with Gasteiger partial charge >= 0.3 is 0 Å². The molecule has 1 fully saturated rings. The van der Waals surface area contributed by atoms with Gasteiger partial charge in [0.05, 0.1) is 6.10 Å². The van der Waals surface area contributed by atoms with Crippen molar-refractivity contribution in [2.75, 3.05) is 0 Å². The predicted octanol–water partition coefficient (Wildman–Crippen LogP) is 3.93. The number of benzene rings is 2. The number of hydrogen-bond acceptors (Lipinski definition) is 2. The molecule has 0 radical (unpaired) electrons. The van der Waals surface area contributed by atoms with E-state index in [-0.39, 0.29) is 12.2 Å².